The third-order valence-corrected chi connectivity index (χ3v) is 5.05. The highest BCUT2D eigenvalue weighted by Crippen LogP contribution is 2.27. The van der Waals surface area contributed by atoms with E-state index in [0.717, 1.165) is 25.7 Å². The molecule has 0 radical (unpaired) electrons. The summed E-state index contributed by atoms with van der Waals surface area (Å²) in [5.41, 5.74) is 2.19. The number of amides is 1. The number of carbonyl (C=O) groups excluding carboxylic acids is 3. The molecular weight excluding hydrogens is 308 g/mol. The minimum atomic E-state index is -0.465. The number of likely N-dealkylation sites (N-methyl/N-ethyl adjacent to an activating group) is 1. The first kappa shape index (κ1) is 18.2. The predicted molar refractivity (Wildman–Crippen MR) is 90.2 cm³/mol. The fourth-order valence-corrected chi connectivity index (χ4v) is 3.63. The smallest absolute Gasteiger partial charge is 0.354 e. The van der Waals surface area contributed by atoms with Gasteiger partial charge in [-0.2, -0.15) is 0 Å². The number of esters is 1. The predicted octanol–water partition coefficient (Wildman–Crippen LogP) is 2.26. The molecule has 1 amide bonds. The van der Waals surface area contributed by atoms with Gasteiger partial charge in [0.05, 0.1) is 13.7 Å². The Labute approximate surface area is 142 Å². The maximum absolute atomic E-state index is 12.7. The normalized spacial score (nSPS) is 14.7. The highest BCUT2D eigenvalue weighted by molar-refractivity contribution is 6.04. The first-order valence-electron chi connectivity index (χ1n) is 8.31. The highest BCUT2D eigenvalue weighted by atomic mass is 16.5. The van der Waals surface area contributed by atoms with E-state index in [2.05, 4.69) is 0 Å². The number of ketones is 1. The topological polar surface area (TPSA) is 68.6 Å². The minimum absolute atomic E-state index is 0.0294. The van der Waals surface area contributed by atoms with E-state index in [1.165, 1.54) is 12.0 Å². The monoisotopic (exact) mass is 334 g/mol. The maximum Gasteiger partial charge on any atom is 0.354 e. The zero-order valence-corrected chi connectivity index (χ0v) is 15.1. The molecule has 0 aliphatic heterocycles. The molecule has 0 atom stereocenters. The Bertz CT molecular complexity index is 669. The summed E-state index contributed by atoms with van der Waals surface area (Å²) >= 11 is 0. The quantitative estimate of drug-likeness (QED) is 0.612. The second-order valence-corrected chi connectivity index (χ2v) is 6.58. The number of hydrogen-bond acceptors (Lipinski definition) is 4. The van der Waals surface area contributed by atoms with Crippen molar-refractivity contribution < 1.29 is 19.1 Å². The van der Waals surface area contributed by atoms with Gasteiger partial charge in [-0.25, -0.2) is 4.79 Å². The van der Waals surface area contributed by atoms with Gasteiger partial charge in [0.25, 0.3) is 0 Å². The summed E-state index contributed by atoms with van der Waals surface area (Å²) in [6.45, 7) is 3.57. The Kier molecular flexibility index (Phi) is 5.47. The van der Waals surface area contributed by atoms with Crippen LogP contribution in [0.2, 0.25) is 0 Å². The van der Waals surface area contributed by atoms with Crippen LogP contribution in [0, 0.1) is 19.8 Å². The molecule has 1 aromatic heterocycles. The molecule has 0 aromatic carbocycles. The number of rotatable bonds is 5. The second kappa shape index (κ2) is 7.20. The third-order valence-electron chi connectivity index (χ3n) is 5.05. The summed E-state index contributed by atoms with van der Waals surface area (Å²) in [6.07, 6.45) is 3.98. The number of hydrogen-bond donors (Lipinski definition) is 0. The van der Waals surface area contributed by atoms with E-state index in [0.29, 0.717) is 22.5 Å². The number of Topliss-reactive ketones (excluding diaryl/α,β-unsaturated/α-hetero) is 1. The van der Waals surface area contributed by atoms with Crippen molar-refractivity contribution in [3.05, 3.63) is 22.5 Å². The van der Waals surface area contributed by atoms with E-state index >= 15 is 0 Å². The minimum Gasteiger partial charge on any atom is -0.464 e. The molecule has 1 aliphatic rings. The fraction of sp³-hybridized carbons (Fsp3) is 0.611. The van der Waals surface area contributed by atoms with Crippen molar-refractivity contribution in [3.63, 3.8) is 0 Å². The standard InChI is InChI=1S/C18H26N2O4/c1-11-15(12(2)20(4)16(11)18(23)24-5)14(21)10-19(3)17(22)13-8-6-7-9-13/h13H,6-10H2,1-5H3. The summed E-state index contributed by atoms with van der Waals surface area (Å²) in [6, 6.07) is 0. The highest BCUT2D eigenvalue weighted by Gasteiger charge is 2.29. The molecule has 1 heterocycles. The van der Waals surface area contributed by atoms with Crippen molar-refractivity contribution in [1.29, 1.82) is 0 Å². The van der Waals surface area contributed by atoms with Gasteiger partial charge in [-0.3, -0.25) is 9.59 Å². The Morgan fingerprint density at radius 1 is 1.21 bits per heavy atom. The molecular formula is C18H26N2O4. The van der Waals surface area contributed by atoms with Crippen LogP contribution in [0.4, 0.5) is 0 Å². The lowest BCUT2D eigenvalue weighted by molar-refractivity contribution is -0.133. The van der Waals surface area contributed by atoms with Crippen LogP contribution in [0.1, 0.15) is 57.8 Å². The SMILES string of the molecule is COC(=O)c1c(C)c(C(=O)CN(C)C(=O)C2CCCC2)c(C)n1C. The number of nitrogens with zero attached hydrogens (tertiary/aromatic N) is 2. The van der Waals surface area contributed by atoms with E-state index in [9.17, 15) is 14.4 Å². The summed E-state index contributed by atoms with van der Waals surface area (Å²) in [5.74, 6) is -0.524. The van der Waals surface area contributed by atoms with E-state index in [1.54, 1.807) is 32.5 Å². The van der Waals surface area contributed by atoms with Crippen molar-refractivity contribution in [3.8, 4) is 0 Å². The fourth-order valence-electron chi connectivity index (χ4n) is 3.63. The zero-order chi connectivity index (χ0) is 18.0. The second-order valence-electron chi connectivity index (χ2n) is 6.58. The molecule has 6 nitrogen and oxygen atoms in total. The number of ether oxygens (including phenoxy) is 1. The van der Waals surface area contributed by atoms with Crippen LogP contribution in [0.5, 0.6) is 0 Å². The van der Waals surface area contributed by atoms with Gasteiger partial charge in [0.2, 0.25) is 5.91 Å². The van der Waals surface area contributed by atoms with Crippen molar-refractivity contribution in [2.75, 3.05) is 20.7 Å². The lowest BCUT2D eigenvalue weighted by atomic mass is 10.0. The van der Waals surface area contributed by atoms with Gasteiger partial charge in [0, 0.05) is 31.3 Å². The summed E-state index contributed by atoms with van der Waals surface area (Å²) in [7, 11) is 4.73. The number of methoxy groups -OCH3 is 1. The average molecular weight is 334 g/mol. The summed E-state index contributed by atoms with van der Waals surface area (Å²) in [4.78, 5) is 38.6. The van der Waals surface area contributed by atoms with Gasteiger partial charge >= 0.3 is 5.97 Å². The Hall–Kier alpha value is -2.11. The van der Waals surface area contributed by atoms with Crippen molar-refractivity contribution in [1.82, 2.24) is 9.47 Å². The van der Waals surface area contributed by atoms with Gasteiger partial charge < -0.3 is 14.2 Å². The van der Waals surface area contributed by atoms with Crippen LogP contribution >= 0.6 is 0 Å². The lowest BCUT2D eigenvalue weighted by Crippen LogP contribution is -2.36. The van der Waals surface area contributed by atoms with Crippen molar-refractivity contribution in [2.45, 2.75) is 39.5 Å². The molecule has 6 heteroatoms. The van der Waals surface area contributed by atoms with Crippen LogP contribution in [-0.2, 0) is 16.6 Å². The van der Waals surface area contributed by atoms with Crippen LogP contribution in [0.15, 0.2) is 0 Å². The van der Waals surface area contributed by atoms with Gasteiger partial charge in [-0.15, -0.1) is 0 Å². The number of carbonyl (C=O) groups is 3. The Morgan fingerprint density at radius 3 is 2.33 bits per heavy atom. The molecule has 2 rings (SSSR count). The molecule has 0 saturated heterocycles. The largest absolute Gasteiger partial charge is 0.464 e. The van der Waals surface area contributed by atoms with Crippen molar-refractivity contribution >= 4 is 17.7 Å². The van der Waals surface area contributed by atoms with E-state index in [4.69, 9.17) is 4.74 Å². The first-order chi connectivity index (χ1) is 11.3. The molecule has 0 N–H and O–H groups in total. The van der Waals surface area contributed by atoms with Crippen LogP contribution in [-0.4, -0.2) is 47.8 Å². The Balaban J connectivity index is 2.20. The van der Waals surface area contributed by atoms with Gasteiger partial charge in [-0.1, -0.05) is 12.8 Å². The molecule has 1 fully saturated rings. The Morgan fingerprint density at radius 2 is 1.79 bits per heavy atom. The molecule has 1 aromatic rings. The van der Waals surface area contributed by atoms with Crippen LogP contribution in [0.3, 0.4) is 0 Å². The van der Waals surface area contributed by atoms with Gasteiger partial charge in [0.15, 0.2) is 5.78 Å². The summed E-state index contributed by atoms with van der Waals surface area (Å²) < 4.78 is 6.47. The molecule has 1 saturated carbocycles. The van der Waals surface area contributed by atoms with Gasteiger partial charge in [0.1, 0.15) is 5.69 Å². The molecule has 1 aliphatic carbocycles. The third kappa shape index (κ3) is 3.23. The lowest BCUT2D eigenvalue weighted by Gasteiger charge is -2.20. The maximum atomic E-state index is 12.7. The first-order valence-corrected chi connectivity index (χ1v) is 8.31. The van der Waals surface area contributed by atoms with E-state index < -0.39 is 5.97 Å². The molecule has 0 bridgehead atoms. The van der Waals surface area contributed by atoms with E-state index in [1.807, 2.05) is 0 Å². The van der Waals surface area contributed by atoms with Gasteiger partial charge in [-0.05, 0) is 32.3 Å². The molecule has 24 heavy (non-hydrogen) atoms. The molecule has 0 spiro atoms. The van der Waals surface area contributed by atoms with Crippen LogP contribution in [0.25, 0.3) is 0 Å². The van der Waals surface area contributed by atoms with Crippen LogP contribution < -0.4 is 0 Å². The molecule has 132 valence electrons. The number of aromatic nitrogens is 1. The van der Waals surface area contributed by atoms with Crippen molar-refractivity contribution in [2.24, 2.45) is 13.0 Å². The molecule has 0 unspecified atom stereocenters. The summed E-state index contributed by atoms with van der Waals surface area (Å²) in [5, 5.41) is 0. The zero-order valence-electron chi connectivity index (χ0n) is 15.1. The average Bonchev–Trinajstić information content (AvgIpc) is 3.14. The van der Waals surface area contributed by atoms with E-state index in [-0.39, 0.29) is 24.2 Å².